The molecule has 2 aliphatic rings. The summed E-state index contributed by atoms with van der Waals surface area (Å²) in [6.07, 6.45) is 2.66. The van der Waals surface area contributed by atoms with E-state index in [1.165, 1.54) is 11.1 Å². The van der Waals surface area contributed by atoms with E-state index >= 15 is 0 Å². The summed E-state index contributed by atoms with van der Waals surface area (Å²) >= 11 is 0. The molecule has 2 heterocycles. The normalized spacial score (nSPS) is 22.5. The van der Waals surface area contributed by atoms with Crippen LogP contribution in [0.1, 0.15) is 40.7 Å². The molecule has 0 radical (unpaired) electrons. The van der Waals surface area contributed by atoms with Crippen molar-refractivity contribution in [2.24, 2.45) is 5.41 Å². The zero-order chi connectivity index (χ0) is 18.9. The first-order valence-corrected chi connectivity index (χ1v) is 9.77. The van der Waals surface area contributed by atoms with Crippen LogP contribution < -0.4 is 0 Å². The maximum absolute atomic E-state index is 13.3. The zero-order valence-electron chi connectivity index (χ0n) is 15.9. The molecule has 0 N–H and O–H groups in total. The summed E-state index contributed by atoms with van der Waals surface area (Å²) in [6, 6.07) is 17.7. The molecule has 1 unspecified atom stereocenters. The van der Waals surface area contributed by atoms with Gasteiger partial charge >= 0.3 is 0 Å². The SMILES string of the molecule is Cc1cccc(CN2CCCC3(CCN(C(=O)c4ccccc4)C3)C2=O)c1. The van der Waals surface area contributed by atoms with Crippen molar-refractivity contribution in [2.45, 2.75) is 32.7 Å². The highest BCUT2D eigenvalue weighted by molar-refractivity contribution is 5.95. The van der Waals surface area contributed by atoms with Gasteiger partial charge in [-0.1, -0.05) is 48.0 Å². The van der Waals surface area contributed by atoms with E-state index in [1.807, 2.05) is 46.2 Å². The van der Waals surface area contributed by atoms with Crippen LogP contribution in [0.4, 0.5) is 0 Å². The van der Waals surface area contributed by atoms with Crippen molar-refractivity contribution >= 4 is 11.8 Å². The van der Waals surface area contributed by atoms with Crippen LogP contribution in [0, 0.1) is 12.3 Å². The molecule has 0 bridgehead atoms. The number of carbonyl (C=O) groups excluding carboxylic acids is 2. The molecule has 1 spiro atoms. The molecule has 1 atom stereocenters. The van der Waals surface area contributed by atoms with Crippen LogP contribution in [-0.2, 0) is 11.3 Å². The fraction of sp³-hybridized carbons (Fsp3) is 0.391. The largest absolute Gasteiger partial charge is 0.338 e. The minimum Gasteiger partial charge on any atom is -0.338 e. The second-order valence-electron chi connectivity index (χ2n) is 7.94. The molecule has 2 aromatic rings. The number of carbonyl (C=O) groups is 2. The number of benzene rings is 2. The highest BCUT2D eigenvalue weighted by Crippen LogP contribution is 2.41. The zero-order valence-corrected chi connectivity index (χ0v) is 15.9. The second kappa shape index (κ2) is 7.18. The van der Waals surface area contributed by atoms with Gasteiger partial charge in [0.15, 0.2) is 0 Å². The fourth-order valence-corrected chi connectivity index (χ4v) is 4.52. The average Bonchev–Trinajstić information content (AvgIpc) is 3.11. The molecule has 2 aliphatic heterocycles. The standard InChI is InChI=1S/C23H26N2O2/c1-18-7-5-8-19(15-18)16-24-13-6-11-23(22(24)27)12-14-25(17-23)21(26)20-9-3-2-4-10-20/h2-5,7-10,15H,6,11-14,16-17H2,1H3. The third kappa shape index (κ3) is 3.48. The molecule has 2 amide bonds. The third-order valence-electron chi connectivity index (χ3n) is 5.94. The summed E-state index contributed by atoms with van der Waals surface area (Å²) in [5.41, 5.74) is 2.70. The smallest absolute Gasteiger partial charge is 0.253 e. The number of rotatable bonds is 3. The lowest BCUT2D eigenvalue weighted by atomic mass is 9.78. The Balaban J connectivity index is 1.48. The molecule has 140 valence electrons. The molecule has 4 nitrogen and oxygen atoms in total. The van der Waals surface area contributed by atoms with Crippen LogP contribution in [0.25, 0.3) is 0 Å². The summed E-state index contributed by atoms with van der Waals surface area (Å²) in [4.78, 5) is 30.0. The van der Waals surface area contributed by atoms with E-state index in [9.17, 15) is 9.59 Å². The van der Waals surface area contributed by atoms with E-state index < -0.39 is 5.41 Å². The lowest BCUT2D eigenvalue weighted by Gasteiger charge is -2.39. The summed E-state index contributed by atoms with van der Waals surface area (Å²) in [5.74, 6) is 0.259. The van der Waals surface area contributed by atoms with Crippen LogP contribution in [-0.4, -0.2) is 41.2 Å². The molecule has 2 aromatic carbocycles. The number of amides is 2. The van der Waals surface area contributed by atoms with Gasteiger partial charge in [0.25, 0.3) is 5.91 Å². The van der Waals surface area contributed by atoms with Gasteiger partial charge in [-0.25, -0.2) is 0 Å². The van der Waals surface area contributed by atoms with Gasteiger partial charge in [-0.3, -0.25) is 9.59 Å². The number of piperidine rings is 1. The minimum atomic E-state index is -0.396. The molecule has 2 saturated heterocycles. The van der Waals surface area contributed by atoms with Crippen molar-refractivity contribution in [1.29, 1.82) is 0 Å². The first-order chi connectivity index (χ1) is 13.1. The Morgan fingerprint density at radius 2 is 1.85 bits per heavy atom. The summed E-state index contributed by atoms with van der Waals surface area (Å²) in [7, 11) is 0. The second-order valence-corrected chi connectivity index (χ2v) is 7.94. The first kappa shape index (κ1) is 17.8. The van der Waals surface area contributed by atoms with E-state index in [-0.39, 0.29) is 11.8 Å². The molecule has 27 heavy (non-hydrogen) atoms. The number of aryl methyl sites for hydroxylation is 1. The van der Waals surface area contributed by atoms with Gasteiger partial charge in [-0.05, 0) is 43.9 Å². The maximum atomic E-state index is 13.3. The topological polar surface area (TPSA) is 40.6 Å². The van der Waals surface area contributed by atoms with Gasteiger partial charge in [0.1, 0.15) is 0 Å². The van der Waals surface area contributed by atoms with Crippen molar-refractivity contribution < 1.29 is 9.59 Å². The Bertz CT molecular complexity index is 848. The lowest BCUT2D eigenvalue weighted by molar-refractivity contribution is -0.146. The molecule has 0 aliphatic carbocycles. The lowest BCUT2D eigenvalue weighted by Crippen LogP contribution is -2.50. The van der Waals surface area contributed by atoms with E-state index in [0.29, 0.717) is 25.2 Å². The van der Waals surface area contributed by atoms with Crippen LogP contribution in [0.3, 0.4) is 0 Å². The predicted molar refractivity (Wildman–Crippen MR) is 105 cm³/mol. The molecule has 0 saturated carbocycles. The number of nitrogens with zero attached hydrogens (tertiary/aromatic N) is 2. The Morgan fingerprint density at radius 3 is 2.63 bits per heavy atom. The van der Waals surface area contributed by atoms with Crippen LogP contribution in [0.15, 0.2) is 54.6 Å². The minimum absolute atomic E-state index is 0.0380. The van der Waals surface area contributed by atoms with Gasteiger partial charge in [0, 0.05) is 31.7 Å². The van der Waals surface area contributed by atoms with Gasteiger partial charge in [-0.2, -0.15) is 0 Å². The number of hydrogen-bond acceptors (Lipinski definition) is 2. The third-order valence-corrected chi connectivity index (χ3v) is 5.94. The average molecular weight is 362 g/mol. The van der Waals surface area contributed by atoms with Crippen molar-refractivity contribution in [3.63, 3.8) is 0 Å². The quantitative estimate of drug-likeness (QED) is 0.836. The molecule has 4 rings (SSSR count). The van der Waals surface area contributed by atoms with Crippen molar-refractivity contribution in [1.82, 2.24) is 9.80 Å². The van der Waals surface area contributed by atoms with E-state index in [4.69, 9.17) is 0 Å². The summed E-state index contributed by atoms with van der Waals surface area (Å²) in [6.45, 7) is 4.75. The molecular weight excluding hydrogens is 336 g/mol. The Kier molecular flexibility index (Phi) is 4.73. The molecular formula is C23H26N2O2. The highest BCUT2D eigenvalue weighted by atomic mass is 16.2. The van der Waals surface area contributed by atoms with Gasteiger partial charge in [-0.15, -0.1) is 0 Å². The summed E-state index contributed by atoms with van der Waals surface area (Å²) < 4.78 is 0. The van der Waals surface area contributed by atoms with E-state index in [2.05, 4.69) is 25.1 Å². The van der Waals surface area contributed by atoms with Gasteiger partial charge in [0.2, 0.25) is 5.91 Å². The van der Waals surface area contributed by atoms with Gasteiger partial charge < -0.3 is 9.80 Å². The van der Waals surface area contributed by atoms with E-state index in [1.54, 1.807) is 0 Å². The monoisotopic (exact) mass is 362 g/mol. The first-order valence-electron chi connectivity index (χ1n) is 9.77. The number of hydrogen-bond donors (Lipinski definition) is 0. The Morgan fingerprint density at radius 1 is 1.04 bits per heavy atom. The van der Waals surface area contributed by atoms with Crippen LogP contribution in [0.2, 0.25) is 0 Å². The Labute approximate surface area is 160 Å². The molecule has 2 fully saturated rings. The van der Waals surface area contributed by atoms with Crippen molar-refractivity contribution in [2.75, 3.05) is 19.6 Å². The van der Waals surface area contributed by atoms with Crippen molar-refractivity contribution in [3.05, 3.63) is 71.3 Å². The Hall–Kier alpha value is -2.62. The fourth-order valence-electron chi connectivity index (χ4n) is 4.52. The summed E-state index contributed by atoms with van der Waals surface area (Å²) in [5, 5.41) is 0. The maximum Gasteiger partial charge on any atom is 0.253 e. The van der Waals surface area contributed by atoms with Gasteiger partial charge in [0.05, 0.1) is 5.41 Å². The molecule has 0 aromatic heterocycles. The van der Waals surface area contributed by atoms with Crippen LogP contribution in [0.5, 0.6) is 0 Å². The van der Waals surface area contributed by atoms with E-state index in [0.717, 1.165) is 25.8 Å². The predicted octanol–water partition coefficient (Wildman–Crippen LogP) is 3.65. The number of likely N-dealkylation sites (tertiary alicyclic amines) is 2. The highest BCUT2D eigenvalue weighted by Gasteiger charge is 2.49. The molecule has 4 heteroatoms. The van der Waals surface area contributed by atoms with Crippen molar-refractivity contribution in [3.8, 4) is 0 Å². The van der Waals surface area contributed by atoms with Crippen LogP contribution >= 0.6 is 0 Å².